The Bertz CT molecular complexity index is 495. The maximum atomic E-state index is 12.0. The van der Waals surface area contributed by atoms with Crippen molar-refractivity contribution in [2.75, 3.05) is 10.6 Å². The molecule has 4 N–H and O–H groups in total. The van der Waals surface area contributed by atoms with Gasteiger partial charge in [-0.25, -0.2) is 0 Å². The van der Waals surface area contributed by atoms with Crippen LogP contribution in [0.5, 0.6) is 0 Å². The van der Waals surface area contributed by atoms with Crippen molar-refractivity contribution in [2.24, 2.45) is 5.73 Å². The normalized spacial score (nSPS) is 13.5. The van der Waals surface area contributed by atoms with Crippen LogP contribution < -0.4 is 16.4 Å². The molecule has 0 aliphatic rings. The highest BCUT2D eigenvalue weighted by molar-refractivity contribution is 5.99. The Morgan fingerprint density at radius 3 is 2.47 bits per heavy atom. The molecule has 19 heavy (non-hydrogen) atoms. The summed E-state index contributed by atoms with van der Waals surface area (Å²) in [4.78, 5) is 23.0. The van der Waals surface area contributed by atoms with Crippen LogP contribution in [0.3, 0.4) is 0 Å². The number of amides is 2. The number of aryl methyl sites for hydroxylation is 1. The van der Waals surface area contributed by atoms with Crippen LogP contribution in [0.1, 0.15) is 32.8 Å². The third kappa shape index (κ3) is 4.06. The van der Waals surface area contributed by atoms with E-state index in [1.165, 1.54) is 6.92 Å². The number of rotatable bonds is 4. The van der Waals surface area contributed by atoms with Gasteiger partial charge >= 0.3 is 0 Å². The summed E-state index contributed by atoms with van der Waals surface area (Å²) in [5.41, 5.74) is 7.20. The van der Waals surface area contributed by atoms with E-state index >= 15 is 0 Å². The lowest BCUT2D eigenvalue weighted by Gasteiger charge is -2.22. The summed E-state index contributed by atoms with van der Waals surface area (Å²) in [6.07, 6.45) is 0.545. The van der Waals surface area contributed by atoms with Crippen LogP contribution in [0.2, 0.25) is 0 Å². The molecule has 1 unspecified atom stereocenters. The molecule has 0 spiro atoms. The summed E-state index contributed by atoms with van der Waals surface area (Å²) in [5.74, 6) is -0.392. The number of benzene rings is 1. The predicted molar refractivity (Wildman–Crippen MR) is 77.0 cm³/mol. The topological polar surface area (TPSA) is 84.2 Å². The standard InChI is InChI=1S/C14H21N3O2/c1-5-14(4,15)13(19)17-12-8-11(16-10(3)18)7-6-9(12)2/h6-8H,5,15H2,1-4H3,(H,16,18)(H,17,19). The molecule has 1 rings (SSSR count). The minimum atomic E-state index is -0.906. The molecule has 0 heterocycles. The molecule has 5 nitrogen and oxygen atoms in total. The fourth-order valence-corrected chi connectivity index (χ4v) is 1.46. The molecule has 5 heteroatoms. The summed E-state index contributed by atoms with van der Waals surface area (Å²) in [7, 11) is 0. The van der Waals surface area contributed by atoms with Gasteiger partial charge in [0.1, 0.15) is 0 Å². The quantitative estimate of drug-likeness (QED) is 0.777. The largest absolute Gasteiger partial charge is 0.326 e. The first-order chi connectivity index (χ1) is 8.76. The second-order valence-corrected chi connectivity index (χ2v) is 4.94. The lowest BCUT2D eigenvalue weighted by molar-refractivity contribution is -0.120. The molecule has 0 radical (unpaired) electrons. The molecule has 0 aromatic heterocycles. The highest BCUT2D eigenvalue weighted by atomic mass is 16.2. The van der Waals surface area contributed by atoms with Gasteiger partial charge in [0, 0.05) is 18.3 Å². The Labute approximate surface area is 113 Å². The Morgan fingerprint density at radius 1 is 1.32 bits per heavy atom. The van der Waals surface area contributed by atoms with E-state index in [4.69, 9.17) is 5.73 Å². The lowest BCUT2D eigenvalue weighted by atomic mass is 9.99. The van der Waals surface area contributed by atoms with Gasteiger partial charge in [-0.15, -0.1) is 0 Å². The molecule has 0 saturated heterocycles. The van der Waals surface area contributed by atoms with Crippen LogP contribution in [0, 0.1) is 6.92 Å². The van der Waals surface area contributed by atoms with Crippen LogP contribution >= 0.6 is 0 Å². The van der Waals surface area contributed by atoms with Crippen molar-refractivity contribution in [1.29, 1.82) is 0 Å². The second kappa shape index (κ2) is 5.84. The average Bonchev–Trinajstić information content (AvgIpc) is 2.32. The first-order valence-corrected chi connectivity index (χ1v) is 6.25. The smallest absolute Gasteiger partial charge is 0.244 e. The summed E-state index contributed by atoms with van der Waals surface area (Å²) >= 11 is 0. The van der Waals surface area contributed by atoms with Crippen molar-refractivity contribution >= 4 is 23.2 Å². The second-order valence-electron chi connectivity index (χ2n) is 4.94. The maximum Gasteiger partial charge on any atom is 0.244 e. The third-order valence-electron chi connectivity index (χ3n) is 3.06. The van der Waals surface area contributed by atoms with Gasteiger partial charge in [0.15, 0.2) is 0 Å². The number of anilines is 2. The molecule has 0 bridgehead atoms. The van der Waals surface area contributed by atoms with Gasteiger partial charge < -0.3 is 16.4 Å². The number of carbonyl (C=O) groups is 2. The molecular weight excluding hydrogens is 242 g/mol. The molecule has 0 saturated carbocycles. The number of hydrogen-bond acceptors (Lipinski definition) is 3. The van der Waals surface area contributed by atoms with Gasteiger partial charge in [0.25, 0.3) is 0 Å². The fraction of sp³-hybridized carbons (Fsp3) is 0.429. The number of carbonyl (C=O) groups excluding carboxylic acids is 2. The lowest BCUT2D eigenvalue weighted by Crippen LogP contribution is -2.47. The third-order valence-corrected chi connectivity index (χ3v) is 3.06. The van der Waals surface area contributed by atoms with Gasteiger partial charge in [-0.2, -0.15) is 0 Å². The van der Waals surface area contributed by atoms with E-state index in [0.717, 1.165) is 5.56 Å². The van der Waals surface area contributed by atoms with E-state index in [-0.39, 0.29) is 11.8 Å². The number of hydrogen-bond donors (Lipinski definition) is 3. The van der Waals surface area contributed by atoms with Crippen molar-refractivity contribution in [1.82, 2.24) is 0 Å². The van der Waals surface area contributed by atoms with Crippen LogP contribution in [0.25, 0.3) is 0 Å². The zero-order valence-electron chi connectivity index (χ0n) is 11.8. The Balaban J connectivity index is 2.94. The number of nitrogens with one attached hydrogen (secondary N) is 2. The fourth-order valence-electron chi connectivity index (χ4n) is 1.46. The Morgan fingerprint density at radius 2 is 1.95 bits per heavy atom. The molecule has 1 atom stereocenters. The van der Waals surface area contributed by atoms with E-state index in [1.807, 2.05) is 19.9 Å². The van der Waals surface area contributed by atoms with E-state index in [9.17, 15) is 9.59 Å². The van der Waals surface area contributed by atoms with E-state index in [2.05, 4.69) is 10.6 Å². The summed E-state index contributed by atoms with van der Waals surface area (Å²) in [6, 6.07) is 5.34. The maximum absolute atomic E-state index is 12.0. The van der Waals surface area contributed by atoms with Crippen molar-refractivity contribution in [3.8, 4) is 0 Å². The van der Waals surface area contributed by atoms with Crippen molar-refractivity contribution < 1.29 is 9.59 Å². The van der Waals surface area contributed by atoms with Crippen molar-refractivity contribution in [3.63, 3.8) is 0 Å². The van der Waals surface area contributed by atoms with E-state index in [0.29, 0.717) is 17.8 Å². The van der Waals surface area contributed by atoms with Gasteiger partial charge in [-0.3, -0.25) is 9.59 Å². The van der Waals surface area contributed by atoms with Gasteiger partial charge in [-0.1, -0.05) is 13.0 Å². The molecule has 104 valence electrons. The minimum absolute atomic E-state index is 0.154. The molecule has 0 aliphatic carbocycles. The van der Waals surface area contributed by atoms with Crippen LogP contribution in [-0.4, -0.2) is 17.4 Å². The summed E-state index contributed by atoms with van der Waals surface area (Å²) < 4.78 is 0. The Kier molecular flexibility index (Phi) is 4.67. The molecular formula is C14H21N3O2. The van der Waals surface area contributed by atoms with E-state index in [1.54, 1.807) is 19.1 Å². The van der Waals surface area contributed by atoms with E-state index < -0.39 is 5.54 Å². The molecule has 2 amide bonds. The van der Waals surface area contributed by atoms with Gasteiger partial charge in [0.2, 0.25) is 11.8 Å². The van der Waals surface area contributed by atoms with Crippen LogP contribution in [-0.2, 0) is 9.59 Å². The summed E-state index contributed by atoms with van der Waals surface area (Å²) in [5, 5.41) is 5.48. The first kappa shape index (κ1) is 15.2. The van der Waals surface area contributed by atoms with Crippen molar-refractivity contribution in [3.05, 3.63) is 23.8 Å². The Hall–Kier alpha value is -1.88. The minimum Gasteiger partial charge on any atom is -0.326 e. The monoisotopic (exact) mass is 263 g/mol. The summed E-state index contributed by atoms with van der Waals surface area (Å²) in [6.45, 7) is 6.87. The van der Waals surface area contributed by atoms with Gasteiger partial charge in [0.05, 0.1) is 5.54 Å². The molecule has 1 aromatic carbocycles. The highest BCUT2D eigenvalue weighted by Crippen LogP contribution is 2.21. The zero-order chi connectivity index (χ0) is 14.6. The average molecular weight is 263 g/mol. The molecule has 1 aromatic rings. The predicted octanol–water partition coefficient (Wildman–Crippen LogP) is 2.02. The molecule has 0 fully saturated rings. The van der Waals surface area contributed by atoms with Crippen molar-refractivity contribution in [2.45, 2.75) is 39.7 Å². The van der Waals surface area contributed by atoms with Crippen LogP contribution in [0.15, 0.2) is 18.2 Å². The first-order valence-electron chi connectivity index (χ1n) is 6.25. The van der Waals surface area contributed by atoms with Crippen LogP contribution in [0.4, 0.5) is 11.4 Å². The molecule has 0 aliphatic heterocycles. The number of nitrogens with two attached hydrogens (primary N) is 1. The van der Waals surface area contributed by atoms with Gasteiger partial charge in [-0.05, 0) is 38.0 Å². The highest BCUT2D eigenvalue weighted by Gasteiger charge is 2.26. The zero-order valence-corrected chi connectivity index (χ0v) is 11.8. The SMILES string of the molecule is CCC(C)(N)C(=O)Nc1cc(NC(C)=O)ccc1C.